The molecule has 5 atom stereocenters. The molecular weight excluding hydrogens is 432 g/mol. The molecule has 1 aliphatic rings. The van der Waals surface area contributed by atoms with E-state index >= 15 is 0 Å². The van der Waals surface area contributed by atoms with Crippen LogP contribution in [0.3, 0.4) is 0 Å². The van der Waals surface area contributed by atoms with E-state index in [4.69, 9.17) is 18.9 Å². The first kappa shape index (κ1) is 26.8. The summed E-state index contributed by atoms with van der Waals surface area (Å²) in [4.78, 5) is 0. The molecule has 1 aliphatic heterocycles. The molecule has 188 valence electrons. The summed E-state index contributed by atoms with van der Waals surface area (Å²) in [5, 5.41) is 21.2. The highest BCUT2D eigenvalue weighted by Gasteiger charge is 2.47. The Labute approximate surface area is 203 Å². The minimum atomic E-state index is -1.01. The molecule has 3 rings (SSSR count). The van der Waals surface area contributed by atoms with Crippen LogP contribution in [0.15, 0.2) is 60.7 Å². The van der Waals surface area contributed by atoms with E-state index in [2.05, 4.69) is 6.92 Å². The number of aliphatic hydroxyl groups excluding tert-OH is 2. The quantitative estimate of drug-likeness (QED) is 0.369. The predicted octanol–water partition coefficient (Wildman–Crippen LogP) is 4.61. The molecule has 2 N–H and O–H groups in total. The number of ether oxygens (including phenoxy) is 4. The van der Waals surface area contributed by atoms with Crippen LogP contribution < -0.4 is 0 Å². The molecule has 0 bridgehead atoms. The van der Waals surface area contributed by atoms with Crippen molar-refractivity contribution in [1.29, 1.82) is 0 Å². The number of hydrogen-bond acceptors (Lipinski definition) is 6. The van der Waals surface area contributed by atoms with Gasteiger partial charge >= 0.3 is 0 Å². The highest BCUT2D eigenvalue weighted by molar-refractivity contribution is 5.14. The number of rotatable bonds is 15. The van der Waals surface area contributed by atoms with Crippen LogP contribution in [0.1, 0.15) is 56.6 Å². The van der Waals surface area contributed by atoms with Gasteiger partial charge in [-0.1, -0.05) is 99.7 Å². The lowest BCUT2D eigenvalue weighted by Gasteiger charge is -2.43. The van der Waals surface area contributed by atoms with Gasteiger partial charge in [0.05, 0.1) is 19.8 Å². The Hall–Kier alpha value is -1.80. The highest BCUT2D eigenvalue weighted by Crippen LogP contribution is 2.28. The van der Waals surface area contributed by atoms with Crippen LogP contribution in [0, 0.1) is 0 Å². The van der Waals surface area contributed by atoms with E-state index < -0.39 is 30.7 Å². The van der Waals surface area contributed by atoms with Gasteiger partial charge in [-0.25, -0.2) is 0 Å². The van der Waals surface area contributed by atoms with Crippen LogP contribution in [0.2, 0.25) is 0 Å². The van der Waals surface area contributed by atoms with E-state index in [1.165, 1.54) is 25.7 Å². The first-order chi connectivity index (χ1) is 16.7. The van der Waals surface area contributed by atoms with Crippen molar-refractivity contribution in [2.45, 2.75) is 89.4 Å². The lowest BCUT2D eigenvalue weighted by molar-refractivity contribution is -0.319. The summed E-state index contributed by atoms with van der Waals surface area (Å²) in [7, 11) is 0. The topological polar surface area (TPSA) is 77.4 Å². The Balaban J connectivity index is 1.61. The average Bonchev–Trinajstić information content (AvgIpc) is 2.88. The minimum Gasteiger partial charge on any atom is -0.394 e. The average molecular weight is 473 g/mol. The van der Waals surface area contributed by atoms with E-state index in [0.29, 0.717) is 19.8 Å². The zero-order chi connectivity index (χ0) is 24.0. The highest BCUT2D eigenvalue weighted by atomic mass is 16.7. The molecule has 0 spiro atoms. The molecule has 6 nitrogen and oxygen atoms in total. The smallest absolute Gasteiger partial charge is 0.186 e. The monoisotopic (exact) mass is 472 g/mol. The molecule has 2 aromatic rings. The normalized spacial score (nSPS) is 24.9. The van der Waals surface area contributed by atoms with Gasteiger partial charge in [0.25, 0.3) is 0 Å². The van der Waals surface area contributed by atoms with Crippen LogP contribution >= 0.6 is 0 Å². The lowest BCUT2D eigenvalue weighted by atomic mass is 9.98. The van der Waals surface area contributed by atoms with E-state index in [-0.39, 0.29) is 6.61 Å². The molecule has 0 aromatic heterocycles. The minimum absolute atomic E-state index is 0.279. The fourth-order valence-corrected chi connectivity index (χ4v) is 4.17. The zero-order valence-corrected chi connectivity index (χ0v) is 20.3. The van der Waals surface area contributed by atoms with E-state index in [1.807, 2.05) is 60.7 Å². The van der Waals surface area contributed by atoms with Gasteiger partial charge in [-0.05, 0) is 17.5 Å². The first-order valence-electron chi connectivity index (χ1n) is 12.6. The maximum Gasteiger partial charge on any atom is 0.186 e. The summed E-state index contributed by atoms with van der Waals surface area (Å²) in [6.07, 6.45) is 2.97. The van der Waals surface area contributed by atoms with E-state index in [1.54, 1.807) is 0 Å². The second-order valence-electron chi connectivity index (χ2n) is 8.88. The fourth-order valence-electron chi connectivity index (χ4n) is 4.17. The molecule has 0 radical (unpaired) electrons. The summed E-state index contributed by atoms with van der Waals surface area (Å²) in [5.41, 5.74) is 1.98. The van der Waals surface area contributed by atoms with Gasteiger partial charge < -0.3 is 29.2 Å². The summed E-state index contributed by atoms with van der Waals surface area (Å²) >= 11 is 0. The van der Waals surface area contributed by atoms with Crippen molar-refractivity contribution in [2.75, 3.05) is 13.2 Å². The standard InChI is InChI=1S/C28H40O6/c1-2-3-4-5-6-13-18-31-28-27(33-21-23-16-11-8-12-17-23)25(30)26(24(19-29)34-28)32-20-22-14-9-7-10-15-22/h7-12,14-17,24-30H,2-6,13,18-21H2,1H3/t24-,25+,26+,27-,28+/m1/s1. The molecule has 0 aliphatic carbocycles. The van der Waals surface area contributed by atoms with Gasteiger partial charge in [-0.2, -0.15) is 0 Å². The van der Waals surface area contributed by atoms with Gasteiger partial charge in [0.1, 0.15) is 24.4 Å². The molecule has 1 heterocycles. The SMILES string of the molecule is CCCCCCCCO[C@H]1O[C@H](CO)[C@H](OCc2ccccc2)[C@H](O)[C@H]1OCc1ccccc1. The Morgan fingerprint density at radius 3 is 1.88 bits per heavy atom. The van der Waals surface area contributed by atoms with E-state index in [9.17, 15) is 10.2 Å². The molecule has 6 heteroatoms. The van der Waals surface area contributed by atoms with Crippen molar-refractivity contribution in [1.82, 2.24) is 0 Å². The van der Waals surface area contributed by atoms with Crippen LogP contribution in [0.25, 0.3) is 0 Å². The number of hydrogen-bond donors (Lipinski definition) is 2. The van der Waals surface area contributed by atoms with Crippen molar-refractivity contribution in [2.24, 2.45) is 0 Å². The molecule has 34 heavy (non-hydrogen) atoms. The third-order valence-corrected chi connectivity index (χ3v) is 6.15. The molecule has 0 saturated carbocycles. The second-order valence-corrected chi connectivity index (χ2v) is 8.88. The van der Waals surface area contributed by atoms with Gasteiger partial charge in [0.2, 0.25) is 0 Å². The maximum absolute atomic E-state index is 11.2. The third-order valence-electron chi connectivity index (χ3n) is 6.15. The van der Waals surface area contributed by atoms with Gasteiger partial charge in [0, 0.05) is 6.61 Å². The molecular formula is C28H40O6. The Kier molecular flexibility index (Phi) is 12.0. The molecule has 0 amide bonds. The van der Waals surface area contributed by atoms with Crippen LogP contribution in [-0.4, -0.2) is 54.1 Å². The second kappa shape index (κ2) is 15.2. The Morgan fingerprint density at radius 2 is 1.29 bits per heavy atom. The Morgan fingerprint density at radius 1 is 0.735 bits per heavy atom. The van der Waals surface area contributed by atoms with Crippen molar-refractivity contribution in [3.8, 4) is 0 Å². The third kappa shape index (κ3) is 8.45. The summed E-state index contributed by atoms with van der Waals surface area (Å²) in [6, 6.07) is 19.5. The fraction of sp³-hybridized carbons (Fsp3) is 0.571. The van der Waals surface area contributed by atoms with Gasteiger partial charge in [-0.15, -0.1) is 0 Å². The number of benzene rings is 2. The molecule has 1 fully saturated rings. The summed E-state index contributed by atoms with van der Waals surface area (Å²) < 4.78 is 24.2. The van der Waals surface area contributed by atoms with Crippen LogP contribution in [0.4, 0.5) is 0 Å². The molecule has 2 aromatic carbocycles. The lowest BCUT2D eigenvalue weighted by Crippen LogP contribution is -2.60. The van der Waals surface area contributed by atoms with Crippen LogP contribution in [0.5, 0.6) is 0 Å². The number of unbranched alkanes of at least 4 members (excludes halogenated alkanes) is 5. The molecule has 0 unspecified atom stereocenters. The van der Waals surface area contributed by atoms with Crippen molar-refractivity contribution in [3.63, 3.8) is 0 Å². The van der Waals surface area contributed by atoms with Crippen molar-refractivity contribution in [3.05, 3.63) is 71.8 Å². The van der Waals surface area contributed by atoms with Crippen molar-refractivity contribution >= 4 is 0 Å². The predicted molar refractivity (Wildman–Crippen MR) is 131 cm³/mol. The summed E-state index contributed by atoms with van der Waals surface area (Å²) in [5.74, 6) is 0. The largest absolute Gasteiger partial charge is 0.394 e. The zero-order valence-electron chi connectivity index (χ0n) is 20.3. The van der Waals surface area contributed by atoms with Crippen molar-refractivity contribution < 1.29 is 29.2 Å². The van der Waals surface area contributed by atoms with E-state index in [0.717, 1.165) is 24.0 Å². The first-order valence-corrected chi connectivity index (χ1v) is 12.6. The van der Waals surface area contributed by atoms with Gasteiger partial charge in [0.15, 0.2) is 6.29 Å². The Bertz CT molecular complexity index is 771. The number of aliphatic hydroxyl groups is 2. The maximum atomic E-state index is 11.2. The molecule has 1 saturated heterocycles. The van der Waals surface area contributed by atoms with Crippen LogP contribution in [-0.2, 0) is 32.2 Å². The van der Waals surface area contributed by atoms with Gasteiger partial charge in [-0.3, -0.25) is 0 Å². The summed E-state index contributed by atoms with van der Waals surface area (Å²) in [6.45, 7) is 3.06.